The molecule has 0 aromatic heterocycles. The molecule has 0 saturated carbocycles. The number of carbonyl (C=O) groups is 1. The van der Waals surface area contributed by atoms with Crippen molar-refractivity contribution in [3.8, 4) is 0 Å². The lowest BCUT2D eigenvalue weighted by Gasteiger charge is -2.07. The molecule has 1 atom stereocenters. The minimum atomic E-state index is -0.470. The van der Waals surface area contributed by atoms with Gasteiger partial charge in [-0.05, 0) is 0 Å². The average Bonchev–Trinajstić information content (AvgIpc) is 2.37. The highest BCUT2D eigenvalue weighted by Crippen LogP contribution is 2.13. The topological polar surface area (TPSA) is 92.8 Å². The number of ketones is 1. The van der Waals surface area contributed by atoms with E-state index in [9.17, 15) is 9.59 Å². The SMILES string of the molecule is CC([C]=O)CC(=O)c1ccccc1/C(N)=N\O. The number of oxime groups is 1. The summed E-state index contributed by atoms with van der Waals surface area (Å²) in [6.07, 6.45) is 1.80. The van der Waals surface area contributed by atoms with Gasteiger partial charge in [0.15, 0.2) is 11.6 Å². The number of Topliss-reactive ketones (excluding diaryl/α,β-unsaturated/α-hetero) is 1. The van der Waals surface area contributed by atoms with Gasteiger partial charge in [0.05, 0.1) is 0 Å². The molecule has 1 rings (SSSR count). The standard InChI is InChI=1S/C12H13N2O3/c1-8(7-15)6-11(16)9-4-2-3-5-10(9)12(13)14-17/h2-5,8,17H,6H2,1H3,(H2,13,14). The fourth-order valence-electron chi connectivity index (χ4n) is 1.43. The van der Waals surface area contributed by atoms with E-state index in [0.717, 1.165) is 0 Å². The Morgan fingerprint density at radius 3 is 2.59 bits per heavy atom. The van der Waals surface area contributed by atoms with Crippen molar-refractivity contribution in [2.45, 2.75) is 13.3 Å². The average molecular weight is 233 g/mol. The summed E-state index contributed by atoms with van der Waals surface area (Å²) in [5.74, 6) is -0.831. The summed E-state index contributed by atoms with van der Waals surface area (Å²) >= 11 is 0. The van der Waals surface area contributed by atoms with Gasteiger partial charge >= 0.3 is 0 Å². The number of nitrogens with zero attached hydrogens (tertiary/aromatic N) is 1. The number of nitrogens with two attached hydrogens (primary N) is 1. The van der Waals surface area contributed by atoms with Crippen LogP contribution in [0.15, 0.2) is 29.4 Å². The molecule has 0 amide bonds. The van der Waals surface area contributed by atoms with Crippen molar-refractivity contribution in [3.05, 3.63) is 35.4 Å². The zero-order chi connectivity index (χ0) is 12.8. The second-order valence-corrected chi connectivity index (χ2v) is 3.68. The number of benzene rings is 1. The molecular formula is C12H13N2O3. The molecule has 1 aromatic rings. The van der Waals surface area contributed by atoms with Crippen LogP contribution in [0.3, 0.4) is 0 Å². The van der Waals surface area contributed by atoms with E-state index in [0.29, 0.717) is 11.1 Å². The van der Waals surface area contributed by atoms with Gasteiger partial charge in [-0.1, -0.05) is 36.3 Å². The zero-order valence-corrected chi connectivity index (χ0v) is 9.38. The van der Waals surface area contributed by atoms with E-state index < -0.39 is 5.92 Å². The van der Waals surface area contributed by atoms with Crippen molar-refractivity contribution in [2.24, 2.45) is 16.8 Å². The lowest BCUT2D eigenvalue weighted by molar-refractivity contribution is 0.0973. The smallest absolute Gasteiger partial charge is 0.201 e. The molecule has 0 saturated heterocycles. The van der Waals surface area contributed by atoms with Gasteiger partial charge in [-0.25, -0.2) is 0 Å². The van der Waals surface area contributed by atoms with Crippen LogP contribution in [0.2, 0.25) is 0 Å². The first-order valence-electron chi connectivity index (χ1n) is 5.08. The maximum absolute atomic E-state index is 11.9. The Balaban J connectivity index is 3.05. The van der Waals surface area contributed by atoms with Gasteiger partial charge in [0.1, 0.15) is 0 Å². The quantitative estimate of drug-likeness (QED) is 0.262. The van der Waals surface area contributed by atoms with Gasteiger partial charge < -0.3 is 10.9 Å². The van der Waals surface area contributed by atoms with Gasteiger partial charge in [-0.2, -0.15) is 0 Å². The van der Waals surface area contributed by atoms with Gasteiger partial charge in [0.25, 0.3) is 0 Å². The third-order valence-electron chi connectivity index (χ3n) is 2.30. The van der Waals surface area contributed by atoms with Crippen molar-refractivity contribution < 1.29 is 14.8 Å². The van der Waals surface area contributed by atoms with Gasteiger partial charge in [-0.15, -0.1) is 0 Å². The number of amidine groups is 1. The second-order valence-electron chi connectivity index (χ2n) is 3.68. The maximum atomic E-state index is 11.9. The van der Waals surface area contributed by atoms with Crippen LogP contribution in [-0.2, 0) is 4.79 Å². The molecule has 1 unspecified atom stereocenters. The van der Waals surface area contributed by atoms with E-state index in [2.05, 4.69) is 5.16 Å². The first kappa shape index (κ1) is 12.9. The molecule has 5 heteroatoms. The van der Waals surface area contributed by atoms with E-state index in [-0.39, 0.29) is 18.0 Å². The molecule has 0 aliphatic heterocycles. The Hall–Kier alpha value is -2.17. The second kappa shape index (κ2) is 5.79. The molecule has 0 heterocycles. The van der Waals surface area contributed by atoms with Crippen molar-refractivity contribution in [2.75, 3.05) is 0 Å². The van der Waals surface area contributed by atoms with Crippen molar-refractivity contribution in [1.82, 2.24) is 0 Å². The van der Waals surface area contributed by atoms with E-state index >= 15 is 0 Å². The third-order valence-corrected chi connectivity index (χ3v) is 2.30. The molecule has 0 fully saturated rings. The fraction of sp³-hybridized carbons (Fsp3) is 0.250. The predicted molar refractivity (Wildman–Crippen MR) is 62.8 cm³/mol. The van der Waals surface area contributed by atoms with Crippen LogP contribution in [0.4, 0.5) is 0 Å². The Bertz CT molecular complexity index is 455. The molecule has 5 nitrogen and oxygen atoms in total. The summed E-state index contributed by atoms with van der Waals surface area (Å²) in [6, 6.07) is 6.51. The molecule has 1 aromatic carbocycles. The normalized spacial score (nSPS) is 13.1. The molecule has 1 radical (unpaired) electrons. The minimum Gasteiger partial charge on any atom is -0.409 e. The Morgan fingerprint density at radius 1 is 1.47 bits per heavy atom. The number of rotatable bonds is 5. The summed E-state index contributed by atoms with van der Waals surface area (Å²) in [5, 5.41) is 11.5. The monoisotopic (exact) mass is 233 g/mol. The molecule has 17 heavy (non-hydrogen) atoms. The zero-order valence-electron chi connectivity index (χ0n) is 9.38. The lowest BCUT2D eigenvalue weighted by Crippen LogP contribution is -2.18. The van der Waals surface area contributed by atoms with Crippen LogP contribution in [-0.4, -0.2) is 23.1 Å². The summed E-state index contributed by atoms with van der Waals surface area (Å²) in [5.41, 5.74) is 6.16. The summed E-state index contributed by atoms with van der Waals surface area (Å²) in [6.45, 7) is 1.61. The molecule has 0 aliphatic carbocycles. The molecular weight excluding hydrogens is 220 g/mol. The Labute approximate surface area is 98.9 Å². The van der Waals surface area contributed by atoms with Crippen molar-refractivity contribution >= 4 is 17.9 Å². The summed E-state index contributed by atoms with van der Waals surface area (Å²) < 4.78 is 0. The van der Waals surface area contributed by atoms with Gasteiger partial charge in [0.2, 0.25) is 6.29 Å². The highest BCUT2D eigenvalue weighted by Gasteiger charge is 2.16. The van der Waals surface area contributed by atoms with Crippen LogP contribution in [0.1, 0.15) is 29.3 Å². The lowest BCUT2D eigenvalue weighted by atomic mass is 9.96. The first-order chi connectivity index (χ1) is 8.10. The summed E-state index contributed by atoms with van der Waals surface area (Å²) in [4.78, 5) is 22.3. The van der Waals surface area contributed by atoms with E-state index in [4.69, 9.17) is 10.9 Å². The minimum absolute atomic E-state index is 0.0548. The number of carbonyl (C=O) groups excluding carboxylic acids is 2. The van der Waals surface area contributed by atoms with Gasteiger partial charge in [0, 0.05) is 23.5 Å². The van der Waals surface area contributed by atoms with E-state index in [1.807, 2.05) is 0 Å². The third kappa shape index (κ3) is 3.14. The van der Waals surface area contributed by atoms with Crippen LogP contribution < -0.4 is 5.73 Å². The molecule has 0 aliphatic rings. The first-order valence-corrected chi connectivity index (χ1v) is 5.08. The highest BCUT2D eigenvalue weighted by atomic mass is 16.4. The Morgan fingerprint density at radius 2 is 2.06 bits per heavy atom. The number of hydrogen-bond donors (Lipinski definition) is 2. The summed E-state index contributed by atoms with van der Waals surface area (Å²) in [7, 11) is 0. The molecule has 89 valence electrons. The highest BCUT2D eigenvalue weighted by molar-refractivity contribution is 6.09. The van der Waals surface area contributed by atoms with Crippen LogP contribution in [0.25, 0.3) is 0 Å². The van der Waals surface area contributed by atoms with Gasteiger partial charge in [-0.3, -0.25) is 9.59 Å². The largest absolute Gasteiger partial charge is 0.409 e. The van der Waals surface area contributed by atoms with Crippen molar-refractivity contribution in [1.29, 1.82) is 0 Å². The molecule has 3 N–H and O–H groups in total. The molecule has 0 spiro atoms. The van der Waals surface area contributed by atoms with E-state index in [1.54, 1.807) is 37.5 Å². The molecule has 0 bridgehead atoms. The predicted octanol–water partition coefficient (Wildman–Crippen LogP) is 1.10. The van der Waals surface area contributed by atoms with Crippen molar-refractivity contribution in [3.63, 3.8) is 0 Å². The van der Waals surface area contributed by atoms with Crippen LogP contribution in [0.5, 0.6) is 0 Å². The Kier molecular flexibility index (Phi) is 4.39. The van der Waals surface area contributed by atoms with Crippen LogP contribution in [0, 0.1) is 5.92 Å². The fourth-order valence-corrected chi connectivity index (χ4v) is 1.43. The van der Waals surface area contributed by atoms with Crippen LogP contribution >= 0.6 is 0 Å². The van der Waals surface area contributed by atoms with E-state index in [1.165, 1.54) is 0 Å². The maximum Gasteiger partial charge on any atom is 0.201 e. The number of hydrogen-bond acceptors (Lipinski definition) is 4.